The van der Waals surface area contributed by atoms with Gasteiger partial charge in [-0.1, -0.05) is 17.7 Å². The molecule has 0 radical (unpaired) electrons. The van der Waals surface area contributed by atoms with Gasteiger partial charge in [0.1, 0.15) is 0 Å². The highest BCUT2D eigenvalue weighted by Crippen LogP contribution is 2.36. The average Bonchev–Trinajstić information content (AvgIpc) is 3.24. The monoisotopic (exact) mass is 387 g/mol. The summed E-state index contributed by atoms with van der Waals surface area (Å²) in [6, 6.07) is 13.5. The topological polar surface area (TPSA) is 43.2 Å². The van der Waals surface area contributed by atoms with Crippen LogP contribution in [0, 0.1) is 0 Å². The summed E-state index contributed by atoms with van der Waals surface area (Å²) in [6.07, 6.45) is 1.91. The van der Waals surface area contributed by atoms with Crippen LogP contribution in [-0.2, 0) is 4.79 Å². The van der Waals surface area contributed by atoms with E-state index in [4.69, 9.17) is 21.1 Å². The number of hydrogen-bond acceptors (Lipinski definition) is 3. The van der Waals surface area contributed by atoms with Crippen LogP contribution < -0.4 is 19.3 Å². The van der Waals surface area contributed by atoms with E-state index in [1.807, 2.05) is 54.3 Å². The zero-order chi connectivity index (χ0) is 19.0. The zero-order valence-electron chi connectivity index (χ0n) is 15.6. The van der Waals surface area contributed by atoms with Crippen molar-refractivity contribution >= 4 is 23.2 Å². The quantitative estimate of drug-likeness (QED) is 0.857. The first-order valence-corrected chi connectivity index (χ1v) is 9.76. The number of rotatable bonds is 5. The van der Waals surface area contributed by atoms with Gasteiger partial charge in [-0.15, -0.1) is 0 Å². The van der Waals surface area contributed by atoms with Crippen LogP contribution in [0.1, 0.15) is 31.5 Å². The number of quaternary nitrogens is 1. The highest BCUT2D eigenvalue weighted by atomic mass is 35.5. The molecule has 27 heavy (non-hydrogen) atoms. The number of ether oxygens (including phenoxy) is 2. The van der Waals surface area contributed by atoms with E-state index < -0.39 is 0 Å². The maximum Gasteiger partial charge on any atom is 0.290 e. The molecule has 0 aromatic heterocycles. The molecule has 2 aliphatic heterocycles. The molecule has 0 saturated carbocycles. The van der Waals surface area contributed by atoms with Gasteiger partial charge in [0.05, 0.1) is 25.9 Å². The molecule has 0 spiro atoms. The molecule has 2 aromatic carbocycles. The number of methoxy groups -OCH3 is 1. The number of hydrogen-bond donors (Lipinski definition) is 1. The maximum absolute atomic E-state index is 13.2. The molecule has 5 nitrogen and oxygen atoms in total. The number of carbonyl (C=O) groups is 1. The second-order valence-corrected chi connectivity index (χ2v) is 7.39. The molecule has 6 heteroatoms. The summed E-state index contributed by atoms with van der Waals surface area (Å²) >= 11 is 6.21. The Hall–Kier alpha value is -2.24. The Morgan fingerprint density at radius 3 is 2.81 bits per heavy atom. The Kier molecular flexibility index (Phi) is 4.98. The van der Waals surface area contributed by atoms with Crippen LogP contribution in [0.15, 0.2) is 42.5 Å². The number of amides is 1. The summed E-state index contributed by atoms with van der Waals surface area (Å²) in [6.45, 7) is 3.50. The smallest absolute Gasteiger partial charge is 0.290 e. The highest BCUT2D eigenvalue weighted by molar-refractivity contribution is 6.31. The third-order valence-corrected chi connectivity index (χ3v) is 5.68. The Morgan fingerprint density at radius 1 is 1.22 bits per heavy atom. The molecule has 1 unspecified atom stereocenters. The summed E-state index contributed by atoms with van der Waals surface area (Å²) in [7, 11) is 1.64. The molecule has 2 aromatic rings. The summed E-state index contributed by atoms with van der Waals surface area (Å²) in [5.74, 6) is 1.58. The Labute approximate surface area is 164 Å². The second-order valence-electron chi connectivity index (χ2n) is 6.95. The largest absolute Gasteiger partial charge is 0.493 e. The number of fused-ring (bicyclic) bond motifs is 1. The lowest BCUT2D eigenvalue weighted by Gasteiger charge is -2.27. The molecule has 3 atom stereocenters. The fraction of sp³-hybridized carbons (Fsp3) is 0.381. The molecule has 1 N–H and O–H groups in total. The van der Waals surface area contributed by atoms with E-state index in [0.29, 0.717) is 17.4 Å². The Bertz CT molecular complexity index is 857. The van der Waals surface area contributed by atoms with Crippen LogP contribution in [0.25, 0.3) is 0 Å². The first-order valence-electron chi connectivity index (χ1n) is 9.39. The molecule has 1 amide bonds. The van der Waals surface area contributed by atoms with Crippen LogP contribution in [0.5, 0.6) is 11.5 Å². The van der Waals surface area contributed by atoms with Crippen molar-refractivity contribution in [1.29, 1.82) is 0 Å². The standard InChI is InChI=1S/C21H23ClN2O3/c1-3-27-18-10-9-14(12-19(18)26-2)20-23-11-5-8-17(23)21(25)24(20)16-7-4-6-15(22)13-16/h4,6-7,9-10,12-13,17,20H,3,5,8,11H2,1-2H3/p+1/t17-,20+/m1/s1. The van der Waals surface area contributed by atoms with Gasteiger partial charge in [-0.25, -0.2) is 0 Å². The van der Waals surface area contributed by atoms with E-state index in [-0.39, 0.29) is 18.1 Å². The number of halogens is 1. The van der Waals surface area contributed by atoms with Crippen molar-refractivity contribution in [2.24, 2.45) is 0 Å². The number of carbonyl (C=O) groups excluding carboxylic acids is 1. The van der Waals surface area contributed by atoms with Gasteiger partial charge in [-0.2, -0.15) is 0 Å². The predicted octanol–water partition coefficient (Wildman–Crippen LogP) is 2.84. The lowest BCUT2D eigenvalue weighted by atomic mass is 10.1. The highest BCUT2D eigenvalue weighted by Gasteiger charge is 2.53. The first kappa shape index (κ1) is 18.1. The normalized spacial score (nSPS) is 24.2. The van der Waals surface area contributed by atoms with Crippen LogP contribution in [0.4, 0.5) is 5.69 Å². The van der Waals surface area contributed by atoms with Gasteiger partial charge in [0.25, 0.3) is 5.91 Å². The van der Waals surface area contributed by atoms with Crippen LogP contribution in [-0.4, -0.2) is 32.2 Å². The third kappa shape index (κ3) is 3.15. The number of benzene rings is 2. The molecule has 0 bridgehead atoms. The molecular weight excluding hydrogens is 364 g/mol. The molecule has 2 heterocycles. The number of nitrogens with one attached hydrogen (secondary N) is 1. The molecule has 0 aliphatic carbocycles. The summed E-state index contributed by atoms with van der Waals surface area (Å²) in [5, 5.41) is 0.630. The molecule has 2 fully saturated rings. The van der Waals surface area contributed by atoms with Crippen molar-refractivity contribution in [3.05, 3.63) is 53.1 Å². The fourth-order valence-electron chi connectivity index (χ4n) is 4.33. The van der Waals surface area contributed by atoms with Gasteiger partial charge in [0.15, 0.2) is 23.7 Å². The Morgan fingerprint density at radius 2 is 2.07 bits per heavy atom. The minimum absolute atomic E-state index is 0.00606. The van der Waals surface area contributed by atoms with Crippen molar-refractivity contribution in [1.82, 2.24) is 0 Å². The molecule has 4 rings (SSSR count). The summed E-state index contributed by atoms with van der Waals surface area (Å²) < 4.78 is 11.2. The van der Waals surface area contributed by atoms with Crippen molar-refractivity contribution in [2.75, 3.05) is 25.2 Å². The maximum atomic E-state index is 13.2. The lowest BCUT2D eigenvalue weighted by Crippen LogP contribution is -3.12. The lowest BCUT2D eigenvalue weighted by molar-refractivity contribution is -0.924. The van der Waals surface area contributed by atoms with Gasteiger partial charge in [-0.05, 0) is 43.3 Å². The molecule has 142 valence electrons. The predicted molar refractivity (Wildman–Crippen MR) is 105 cm³/mol. The SMILES string of the molecule is CCOc1ccc([C@@H]2N(c3cccc(Cl)c3)C(=O)[C@H]3CCC[NH+]32)cc1OC. The van der Waals surface area contributed by atoms with Gasteiger partial charge in [0, 0.05) is 23.4 Å². The fourth-order valence-corrected chi connectivity index (χ4v) is 4.52. The van der Waals surface area contributed by atoms with E-state index in [1.54, 1.807) is 7.11 Å². The summed E-state index contributed by atoms with van der Waals surface area (Å²) in [4.78, 5) is 16.4. The van der Waals surface area contributed by atoms with Crippen molar-refractivity contribution in [2.45, 2.75) is 32.0 Å². The number of nitrogens with zero attached hydrogens (tertiary/aromatic N) is 1. The minimum atomic E-state index is -0.0898. The van der Waals surface area contributed by atoms with Gasteiger partial charge < -0.3 is 14.4 Å². The van der Waals surface area contributed by atoms with Crippen molar-refractivity contribution in [3.8, 4) is 11.5 Å². The van der Waals surface area contributed by atoms with E-state index in [2.05, 4.69) is 0 Å². The van der Waals surface area contributed by atoms with E-state index in [9.17, 15) is 4.79 Å². The van der Waals surface area contributed by atoms with Crippen LogP contribution in [0.3, 0.4) is 0 Å². The van der Waals surface area contributed by atoms with Crippen LogP contribution >= 0.6 is 11.6 Å². The molecular formula is C21H24ClN2O3+. The van der Waals surface area contributed by atoms with E-state index >= 15 is 0 Å². The third-order valence-electron chi connectivity index (χ3n) is 5.44. The number of anilines is 1. The van der Waals surface area contributed by atoms with E-state index in [0.717, 1.165) is 36.4 Å². The zero-order valence-corrected chi connectivity index (χ0v) is 16.3. The van der Waals surface area contributed by atoms with Gasteiger partial charge in [0.2, 0.25) is 0 Å². The average molecular weight is 388 g/mol. The molecule has 2 aliphatic rings. The van der Waals surface area contributed by atoms with Crippen molar-refractivity contribution < 1.29 is 19.2 Å². The van der Waals surface area contributed by atoms with E-state index in [1.165, 1.54) is 4.90 Å². The van der Waals surface area contributed by atoms with Crippen LogP contribution in [0.2, 0.25) is 5.02 Å². The first-order chi connectivity index (χ1) is 13.1. The van der Waals surface area contributed by atoms with Gasteiger partial charge >= 0.3 is 0 Å². The Balaban J connectivity index is 1.79. The summed E-state index contributed by atoms with van der Waals surface area (Å²) in [5.41, 5.74) is 1.88. The molecule has 2 saturated heterocycles. The second kappa shape index (κ2) is 7.41. The minimum Gasteiger partial charge on any atom is -0.493 e. The van der Waals surface area contributed by atoms with Crippen molar-refractivity contribution in [3.63, 3.8) is 0 Å². The van der Waals surface area contributed by atoms with Gasteiger partial charge in [-0.3, -0.25) is 9.69 Å².